The molecule has 3 heterocycles. The second-order valence-corrected chi connectivity index (χ2v) is 5.83. The fourth-order valence-electron chi connectivity index (χ4n) is 2.36. The number of fused-ring (bicyclic) bond motifs is 3. The molecule has 15 heavy (non-hydrogen) atoms. The summed E-state index contributed by atoms with van der Waals surface area (Å²) in [5.74, 6) is 0.558. The summed E-state index contributed by atoms with van der Waals surface area (Å²) in [5.41, 5.74) is -0.369. The summed E-state index contributed by atoms with van der Waals surface area (Å²) in [6.45, 7) is 9.07. The van der Waals surface area contributed by atoms with Crippen LogP contribution >= 0.6 is 0 Å². The van der Waals surface area contributed by atoms with E-state index in [1.165, 1.54) is 25.9 Å². The molecular formula is C12H21NO2. The van der Waals surface area contributed by atoms with E-state index in [2.05, 4.69) is 4.90 Å². The molecule has 3 heteroatoms. The van der Waals surface area contributed by atoms with E-state index in [9.17, 15) is 4.79 Å². The van der Waals surface area contributed by atoms with Gasteiger partial charge in [-0.15, -0.1) is 0 Å². The van der Waals surface area contributed by atoms with Crippen LogP contribution in [0.2, 0.25) is 0 Å². The number of carbonyl (C=O) groups excluding carboxylic acids is 1. The summed E-state index contributed by atoms with van der Waals surface area (Å²) >= 11 is 0. The third-order valence-corrected chi connectivity index (χ3v) is 3.47. The summed E-state index contributed by atoms with van der Waals surface area (Å²) < 4.78 is 5.61. The van der Waals surface area contributed by atoms with Crippen LogP contribution in [0.3, 0.4) is 0 Å². The topological polar surface area (TPSA) is 29.5 Å². The Morgan fingerprint density at radius 1 is 1.27 bits per heavy atom. The number of hydrogen-bond acceptors (Lipinski definition) is 3. The maximum absolute atomic E-state index is 11.8. The summed E-state index contributed by atoms with van der Waals surface area (Å²) in [6, 6.07) is 0. The second-order valence-electron chi connectivity index (χ2n) is 5.83. The Morgan fingerprint density at radius 3 is 2.27 bits per heavy atom. The zero-order valence-electron chi connectivity index (χ0n) is 9.95. The molecule has 1 atom stereocenters. The van der Waals surface area contributed by atoms with Crippen molar-refractivity contribution < 1.29 is 9.53 Å². The highest BCUT2D eigenvalue weighted by Crippen LogP contribution is 2.31. The molecule has 0 aromatic carbocycles. The predicted molar refractivity (Wildman–Crippen MR) is 58.5 cm³/mol. The van der Waals surface area contributed by atoms with Crippen LogP contribution in [0.1, 0.15) is 33.6 Å². The standard InChI is InChI=1S/C12H21NO2/c1-12(2,3)11(14)15-10-8-13-6-4-9(10)5-7-13/h9-10H,4-8H2,1-3H3/t10-/m0/s1. The van der Waals surface area contributed by atoms with E-state index in [-0.39, 0.29) is 17.5 Å². The Morgan fingerprint density at radius 2 is 1.87 bits per heavy atom. The molecule has 0 aromatic rings. The Bertz CT molecular complexity index is 249. The van der Waals surface area contributed by atoms with Crippen LogP contribution in [0.5, 0.6) is 0 Å². The zero-order valence-corrected chi connectivity index (χ0v) is 9.95. The molecule has 0 amide bonds. The van der Waals surface area contributed by atoms with Gasteiger partial charge in [-0.1, -0.05) is 0 Å². The van der Waals surface area contributed by atoms with E-state index in [0.29, 0.717) is 5.92 Å². The molecule has 3 fully saturated rings. The number of nitrogens with zero attached hydrogens (tertiary/aromatic N) is 1. The van der Waals surface area contributed by atoms with Crippen LogP contribution in [-0.4, -0.2) is 36.6 Å². The van der Waals surface area contributed by atoms with Gasteiger partial charge >= 0.3 is 5.97 Å². The molecule has 0 aromatic heterocycles. The normalized spacial score (nSPS) is 35.3. The number of hydrogen-bond donors (Lipinski definition) is 0. The maximum atomic E-state index is 11.8. The molecule has 3 aliphatic rings. The Hall–Kier alpha value is -0.570. The third-order valence-electron chi connectivity index (χ3n) is 3.47. The van der Waals surface area contributed by atoms with Crippen molar-refractivity contribution in [1.29, 1.82) is 0 Å². The van der Waals surface area contributed by atoms with E-state index < -0.39 is 0 Å². The number of esters is 1. The predicted octanol–water partition coefficient (Wildman–Crippen LogP) is 1.67. The molecule has 0 N–H and O–H groups in total. The molecule has 3 aliphatic heterocycles. The van der Waals surface area contributed by atoms with Crippen LogP contribution in [0, 0.1) is 11.3 Å². The SMILES string of the molecule is CC(C)(C)C(=O)O[C@H]1CN2CCC1CC2. The van der Waals surface area contributed by atoms with E-state index in [1.54, 1.807) is 0 Å². The summed E-state index contributed by atoms with van der Waals surface area (Å²) in [6.07, 6.45) is 2.55. The molecule has 0 unspecified atom stereocenters. The molecule has 3 saturated heterocycles. The fourth-order valence-corrected chi connectivity index (χ4v) is 2.36. The van der Waals surface area contributed by atoms with Crippen molar-refractivity contribution in [3.05, 3.63) is 0 Å². The summed E-state index contributed by atoms with van der Waals surface area (Å²) in [7, 11) is 0. The molecule has 86 valence electrons. The molecule has 2 bridgehead atoms. The number of rotatable bonds is 1. The quantitative estimate of drug-likeness (QED) is 0.618. The zero-order chi connectivity index (χ0) is 11.1. The second kappa shape index (κ2) is 3.78. The first kappa shape index (κ1) is 10.9. The first-order valence-corrected chi connectivity index (χ1v) is 5.90. The van der Waals surface area contributed by atoms with E-state index in [4.69, 9.17) is 4.74 Å². The van der Waals surface area contributed by atoms with Gasteiger partial charge in [-0.3, -0.25) is 9.69 Å². The van der Waals surface area contributed by atoms with Crippen molar-refractivity contribution in [2.24, 2.45) is 11.3 Å². The van der Waals surface area contributed by atoms with Gasteiger partial charge in [0.15, 0.2) is 0 Å². The van der Waals surface area contributed by atoms with Crippen LogP contribution in [0.15, 0.2) is 0 Å². The minimum atomic E-state index is -0.369. The largest absolute Gasteiger partial charge is 0.460 e. The lowest BCUT2D eigenvalue weighted by Crippen LogP contribution is -2.52. The first-order chi connectivity index (χ1) is 6.97. The fraction of sp³-hybridized carbons (Fsp3) is 0.917. The van der Waals surface area contributed by atoms with Gasteiger partial charge in [0.2, 0.25) is 0 Å². The lowest BCUT2D eigenvalue weighted by atomic mass is 9.85. The molecule has 0 radical (unpaired) electrons. The Labute approximate surface area is 91.8 Å². The van der Waals surface area contributed by atoms with Crippen LogP contribution in [0.25, 0.3) is 0 Å². The van der Waals surface area contributed by atoms with Crippen LogP contribution < -0.4 is 0 Å². The van der Waals surface area contributed by atoms with Crippen molar-refractivity contribution in [3.8, 4) is 0 Å². The van der Waals surface area contributed by atoms with Crippen LogP contribution in [0.4, 0.5) is 0 Å². The van der Waals surface area contributed by atoms with Crippen LogP contribution in [-0.2, 0) is 9.53 Å². The number of carbonyl (C=O) groups is 1. The highest BCUT2D eigenvalue weighted by molar-refractivity contribution is 5.75. The highest BCUT2D eigenvalue weighted by atomic mass is 16.5. The van der Waals surface area contributed by atoms with Gasteiger partial charge in [0.25, 0.3) is 0 Å². The van der Waals surface area contributed by atoms with E-state index in [1.807, 2.05) is 20.8 Å². The average molecular weight is 211 g/mol. The maximum Gasteiger partial charge on any atom is 0.311 e. The summed E-state index contributed by atoms with van der Waals surface area (Å²) in [5, 5.41) is 0. The molecule has 3 nitrogen and oxygen atoms in total. The Balaban J connectivity index is 1.93. The smallest absolute Gasteiger partial charge is 0.311 e. The van der Waals surface area contributed by atoms with Gasteiger partial charge in [-0.2, -0.15) is 0 Å². The third kappa shape index (κ3) is 2.33. The molecule has 3 rings (SSSR count). The van der Waals surface area contributed by atoms with Crippen molar-refractivity contribution in [2.45, 2.75) is 39.7 Å². The first-order valence-electron chi connectivity index (χ1n) is 5.90. The van der Waals surface area contributed by atoms with Crippen molar-refractivity contribution >= 4 is 5.97 Å². The van der Waals surface area contributed by atoms with Gasteiger partial charge in [0, 0.05) is 6.54 Å². The van der Waals surface area contributed by atoms with Crippen molar-refractivity contribution in [3.63, 3.8) is 0 Å². The van der Waals surface area contributed by atoms with E-state index in [0.717, 1.165) is 6.54 Å². The van der Waals surface area contributed by atoms with Crippen molar-refractivity contribution in [1.82, 2.24) is 4.90 Å². The lowest BCUT2D eigenvalue weighted by Gasteiger charge is -2.44. The number of piperidine rings is 3. The molecule has 0 saturated carbocycles. The minimum absolute atomic E-state index is 0.0544. The number of ether oxygens (including phenoxy) is 1. The minimum Gasteiger partial charge on any atom is -0.460 e. The highest BCUT2D eigenvalue weighted by Gasteiger charge is 2.38. The molecule has 0 aliphatic carbocycles. The molecular weight excluding hydrogens is 190 g/mol. The van der Waals surface area contributed by atoms with Gasteiger partial charge in [-0.25, -0.2) is 0 Å². The monoisotopic (exact) mass is 211 g/mol. The van der Waals surface area contributed by atoms with Gasteiger partial charge < -0.3 is 4.74 Å². The van der Waals surface area contributed by atoms with Crippen molar-refractivity contribution in [2.75, 3.05) is 19.6 Å². The average Bonchev–Trinajstić information content (AvgIpc) is 2.18. The van der Waals surface area contributed by atoms with Gasteiger partial charge in [-0.05, 0) is 52.6 Å². The van der Waals surface area contributed by atoms with E-state index >= 15 is 0 Å². The lowest BCUT2D eigenvalue weighted by molar-refractivity contribution is -0.168. The van der Waals surface area contributed by atoms with Gasteiger partial charge in [0.05, 0.1) is 5.41 Å². The van der Waals surface area contributed by atoms with Gasteiger partial charge in [0.1, 0.15) is 6.10 Å². The molecule has 0 spiro atoms. The summed E-state index contributed by atoms with van der Waals surface area (Å²) in [4.78, 5) is 14.2. The Kier molecular flexibility index (Phi) is 2.75.